The number of amides is 2. The fourth-order valence-electron chi connectivity index (χ4n) is 2.10. The molecule has 0 fully saturated rings. The maximum absolute atomic E-state index is 12.1. The van der Waals surface area contributed by atoms with E-state index in [4.69, 9.17) is 0 Å². The van der Waals surface area contributed by atoms with Crippen LogP contribution in [-0.4, -0.2) is 35.1 Å². The summed E-state index contributed by atoms with van der Waals surface area (Å²) in [6.45, 7) is 5.68. The first-order valence-electron chi connectivity index (χ1n) is 6.35. The maximum Gasteiger partial charge on any atom is 0.268 e. The number of hydrogen-bond acceptors (Lipinski definition) is 4. The maximum atomic E-state index is 12.1. The van der Waals surface area contributed by atoms with E-state index in [0.29, 0.717) is 24.5 Å². The van der Waals surface area contributed by atoms with Crippen LogP contribution in [-0.2, 0) is 9.59 Å². The molecule has 0 saturated carbocycles. The van der Waals surface area contributed by atoms with Crippen molar-refractivity contribution in [2.24, 2.45) is 11.0 Å². The van der Waals surface area contributed by atoms with Crippen molar-refractivity contribution < 1.29 is 9.59 Å². The van der Waals surface area contributed by atoms with Gasteiger partial charge in [0.1, 0.15) is 11.3 Å². The molecule has 1 atom stereocenters. The van der Waals surface area contributed by atoms with Crippen LogP contribution in [0, 0.1) is 17.2 Å². The number of rotatable bonds is 4. The van der Waals surface area contributed by atoms with Crippen LogP contribution in [0.2, 0.25) is 0 Å². The summed E-state index contributed by atoms with van der Waals surface area (Å²) < 4.78 is 0. The van der Waals surface area contributed by atoms with Gasteiger partial charge in [0.15, 0.2) is 0 Å². The first kappa shape index (κ1) is 15.2. The predicted octanol–water partition coefficient (Wildman–Crippen LogP) is 1.04. The topological polar surface area (TPSA) is 85.6 Å². The minimum atomic E-state index is -0.909. The van der Waals surface area contributed by atoms with E-state index in [1.54, 1.807) is 6.92 Å². The lowest BCUT2D eigenvalue weighted by Crippen LogP contribution is -2.49. The summed E-state index contributed by atoms with van der Waals surface area (Å²) in [6.07, 6.45) is 1.16. The third-order valence-electron chi connectivity index (χ3n) is 2.92. The van der Waals surface area contributed by atoms with Gasteiger partial charge >= 0.3 is 0 Å². The summed E-state index contributed by atoms with van der Waals surface area (Å²) in [5.41, 5.74) is -0.610. The number of nitriles is 1. The van der Waals surface area contributed by atoms with Gasteiger partial charge < -0.3 is 5.32 Å². The lowest BCUT2D eigenvalue weighted by molar-refractivity contribution is -0.130. The van der Waals surface area contributed by atoms with Gasteiger partial charge in [-0.25, -0.2) is 5.01 Å². The van der Waals surface area contributed by atoms with Crippen molar-refractivity contribution in [3.8, 4) is 6.07 Å². The van der Waals surface area contributed by atoms with E-state index in [1.807, 2.05) is 13.8 Å². The number of hydrogen-bond donors (Lipinski definition) is 1. The molecule has 6 heteroatoms. The Morgan fingerprint density at radius 3 is 2.68 bits per heavy atom. The average Bonchev–Trinajstić information content (AvgIpc) is 2.31. The van der Waals surface area contributed by atoms with Crippen LogP contribution in [0.5, 0.6) is 0 Å². The molecule has 1 unspecified atom stereocenters. The van der Waals surface area contributed by atoms with Gasteiger partial charge in [-0.1, -0.05) is 13.8 Å². The Labute approximate surface area is 113 Å². The summed E-state index contributed by atoms with van der Waals surface area (Å²) in [5.74, 6) is -0.187. The Morgan fingerprint density at radius 1 is 1.58 bits per heavy atom. The Hall–Kier alpha value is -1.90. The molecule has 0 aromatic rings. The summed E-state index contributed by atoms with van der Waals surface area (Å²) in [5, 5.41) is 17.0. The summed E-state index contributed by atoms with van der Waals surface area (Å²) in [7, 11) is 1.52. The monoisotopic (exact) mass is 264 g/mol. The first-order valence-corrected chi connectivity index (χ1v) is 6.35. The summed E-state index contributed by atoms with van der Waals surface area (Å²) in [6, 6.07) is 2.13. The van der Waals surface area contributed by atoms with E-state index in [9.17, 15) is 14.9 Å². The van der Waals surface area contributed by atoms with E-state index in [1.165, 1.54) is 12.1 Å². The molecule has 0 aliphatic carbocycles. The lowest BCUT2D eigenvalue weighted by atomic mass is 9.92. The quantitative estimate of drug-likeness (QED) is 0.823. The molecule has 0 saturated heterocycles. The molecule has 2 amide bonds. The molecule has 0 spiro atoms. The molecule has 1 aliphatic rings. The number of carbonyl (C=O) groups excluding carboxylic acids is 2. The molecule has 104 valence electrons. The molecule has 1 rings (SSSR count). The van der Waals surface area contributed by atoms with E-state index in [2.05, 4.69) is 16.5 Å². The highest BCUT2D eigenvalue weighted by Crippen LogP contribution is 2.16. The summed E-state index contributed by atoms with van der Waals surface area (Å²) >= 11 is 0. The van der Waals surface area contributed by atoms with Crippen molar-refractivity contribution in [3.05, 3.63) is 0 Å². The molecule has 0 radical (unpaired) electrons. The third kappa shape index (κ3) is 4.05. The van der Waals surface area contributed by atoms with Crippen molar-refractivity contribution >= 4 is 17.5 Å². The van der Waals surface area contributed by atoms with Crippen LogP contribution in [0.3, 0.4) is 0 Å². The molecule has 0 bridgehead atoms. The zero-order chi connectivity index (χ0) is 14.6. The highest BCUT2D eigenvalue weighted by molar-refractivity contribution is 6.39. The van der Waals surface area contributed by atoms with E-state index in [-0.39, 0.29) is 18.2 Å². The van der Waals surface area contributed by atoms with Crippen molar-refractivity contribution in [2.45, 2.75) is 45.6 Å². The molecule has 6 nitrogen and oxygen atoms in total. The Kier molecular flexibility index (Phi) is 4.65. The second-order valence-corrected chi connectivity index (χ2v) is 5.46. The SMILES string of the molecule is CC(C)CC(C)(C#N)NC(=O)C1=NN(C)C(=O)CC1. The van der Waals surface area contributed by atoms with E-state index >= 15 is 0 Å². The molecular formula is C13H20N4O2. The van der Waals surface area contributed by atoms with Gasteiger partial charge in [0, 0.05) is 19.9 Å². The molecule has 0 aromatic heterocycles. The summed E-state index contributed by atoms with van der Waals surface area (Å²) in [4.78, 5) is 23.4. The second-order valence-electron chi connectivity index (χ2n) is 5.46. The predicted molar refractivity (Wildman–Crippen MR) is 71.1 cm³/mol. The lowest BCUT2D eigenvalue weighted by Gasteiger charge is -2.26. The Balaban J connectivity index is 2.77. The highest BCUT2D eigenvalue weighted by atomic mass is 16.2. The fourth-order valence-corrected chi connectivity index (χ4v) is 2.10. The number of hydrazone groups is 1. The molecule has 1 aliphatic heterocycles. The minimum Gasteiger partial charge on any atom is -0.333 e. The van der Waals surface area contributed by atoms with Crippen LogP contribution < -0.4 is 5.32 Å². The van der Waals surface area contributed by atoms with Gasteiger partial charge in [-0.05, 0) is 19.3 Å². The van der Waals surface area contributed by atoms with Crippen molar-refractivity contribution in [1.29, 1.82) is 5.26 Å². The first-order chi connectivity index (χ1) is 8.77. The molecular weight excluding hydrogens is 244 g/mol. The number of nitrogens with zero attached hydrogens (tertiary/aromatic N) is 3. The van der Waals surface area contributed by atoms with Gasteiger partial charge in [-0.3, -0.25) is 9.59 Å². The van der Waals surface area contributed by atoms with Gasteiger partial charge in [0.25, 0.3) is 5.91 Å². The molecule has 1 N–H and O–H groups in total. The van der Waals surface area contributed by atoms with Crippen molar-refractivity contribution in [2.75, 3.05) is 7.05 Å². The van der Waals surface area contributed by atoms with Crippen LogP contribution >= 0.6 is 0 Å². The third-order valence-corrected chi connectivity index (χ3v) is 2.92. The van der Waals surface area contributed by atoms with Crippen molar-refractivity contribution in [1.82, 2.24) is 10.3 Å². The average molecular weight is 264 g/mol. The fraction of sp³-hybridized carbons (Fsp3) is 0.692. The van der Waals surface area contributed by atoms with Crippen molar-refractivity contribution in [3.63, 3.8) is 0 Å². The van der Waals surface area contributed by atoms with Crippen LogP contribution in [0.1, 0.15) is 40.0 Å². The molecule has 19 heavy (non-hydrogen) atoms. The Morgan fingerprint density at radius 2 is 2.21 bits per heavy atom. The molecule has 1 heterocycles. The largest absolute Gasteiger partial charge is 0.333 e. The number of carbonyl (C=O) groups is 2. The smallest absolute Gasteiger partial charge is 0.268 e. The van der Waals surface area contributed by atoms with Gasteiger partial charge in [-0.15, -0.1) is 0 Å². The highest BCUT2D eigenvalue weighted by Gasteiger charge is 2.30. The van der Waals surface area contributed by atoms with Gasteiger partial charge in [0.05, 0.1) is 6.07 Å². The standard InChI is InChI=1S/C13H20N4O2/c1-9(2)7-13(3,8-14)15-12(19)10-5-6-11(18)17(4)16-10/h9H,5-7H2,1-4H3,(H,15,19). The van der Waals surface area contributed by atoms with Gasteiger partial charge in [0.2, 0.25) is 5.91 Å². The van der Waals surface area contributed by atoms with Crippen LogP contribution in [0.15, 0.2) is 5.10 Å². The zero-order valence-corrected chi connectivity index (χ0v) is 11.9. The molecule has 0 aromatic carbocycles. The van der Waals surface area contributed by atoms with Crippen LogP contribution in [0.25, 0.3) is 0 Å². The number of nitrogens with one attached hydrogen (secondary N) is 1. The zero-order valence-electron chi connectivity index (χ0n) is 11.9. The van der Waals surface area contributed by atoms with E-state index < -0.39 is 5.54 Å². The Bertz CT molecular complexity index is 450. The normalized spacial score (nSPS) is 18.6. The van der Waals surface area contributed by atoms with Gasteiger partial charge in [-0.2, -0.15) is 10.4 Å². The minimum absolute atomic E-state index is 0.109. The van der Waals surface area contributed by atoms with E-state index in [0.717, 1.165) is 0 Å². The van der Waals surface area contributed by atoms with Crippen LogP contribution in [0.4, 0.5) is 0 Å². The second kappa shape index (κ2) is 5.83.